The molecule has 110 valence electrons. The molecule has 0 saturated carbocycles. The number of ether oxygens (including phenoxy) is 1. The third-order valence-corrected chi connectivity index (χ3v) is 3.43. The fourth-order valence-electron chi connectivity index (χ4n) is 2.34. The number of hydrogen-bond donors (Lipinski definition) is 1. The highest BCUT2D eigenvalue weighted by Gasteiger charge is 2.09. The van der Waals surface area contributed by atoms with E-state index in [1.807, 2.05) is 24.3 Å². The van der Waals surface area contributed by atoms with Crippen LogP contribution in [0.15, 0.2) is 48.8 Å². The lowest BCUT2D eigenvalue weighted by Gasteiger charge is -2.07. The van der Waals surface area contributed by atoms with Crippen molar-refractivity contribution in [2.75, 3.05) is 7.11 Å². The Balaban J connectivity index is 2.12. The number of hydrogen-bond acceptors (Lipinski definition) is 4. The summed E-state index contributed by atoms with van der Waals surface area (Å²) in [6.45, 7) is 0.568. The van der Waals surface area contributed by atoms with Gasteiger partial charge in [-0.1, -0.05) is 24.3 Å². The third kappa shape index (κ3) is 2.66. The van der Waals surface area contributed by atoms with E-state index >= 15 is 0 Å². The molecule has 0 aliphatic carbocycles. The van der Waals surface area contributed by atoms with Crippen molar-refractivity contribution in [2.45, 2.75) is 6.61 Å². The minimum Gasteiger partial charge on any atom is -0.380 e. The largest absolute Gasteiger partial charge is 0.380 e. The molecular weight excluding hydrogens is 278 g/mol. The number of nitrogens with two attached hydrogens (primary N) is 1. The van der Waals surface area contributed by atoms with Crippen molar-refractivity contribution in [3.63, 3.8) is 0 Å². The molecule has 3 rings (SSSR count). The van der Waals surface area contributed by atoms with Crippen molar-refractivity contribution in [3.8, 4) is 11.1 Å². The van der Waals surface area contributed by atoms with Gasteiger partial charge in [-0.15, -0.1) is 0 Å². The van der Waals surface area contributed by atoms with Crippen LogP contribution >= 0.6 is 0 Å². The van der Waals surface area contributed by atoms with Crippen molar-refractivity contribution >= 4 is 16.8 Å². The highest BCUT2D eigenvalue weighted by Crippen LogP contribution is 2.26. The quantitative estimate of drug-likeness (QED) is 0.801. The van der Waals surface area contributed by atoms with Gasteiger partial charge in [-0.3, -0.25) is 9.78 Å². The van der Waals surface area contributed by atoms with Crippen LogP contribution in [0.3, 0.4) is 0 Å². The monoisotopic (exact) mass is 293 g/mol. The van der Waals surface area contributed by atoms with Crippen LogP contribution in [-0.4, -0.2) is 23.0 Å². The van der Waals surface area contributed by atoms with Gasteiger partial charge >= 0.3 is 0 Å². The zero-order valence-electron chi connectivity index (χ0n) is 12.1. The normalized spacial score (nSPS) is 10.8. The second-order valence-corrected chi connectivity index (χ2v) is 4.95. The summed E-state index contributed by atoms with van der Waals surface area (Å²) < 4.78 is 5.11. The summed E-state index contributed by atoms with van der Waals surface area (Å²) in [7, 11) is 1.66. The maximum Gasteiger partial charge on any atom is 0.267 e. The van der Waals surface area contributed by atoms with E-state index in [-0.39, 0.29) is 5.69 Å². The van der Waals surface area contributed by atoms with Crippen LogP contribution < -0.4 is 5.73 Å². The van der Waals surface area contributed by atoms with Gasteiger partial charge in [-0.2, -0.15) is 0 Å². The van der Waals surface area contributed by atoms with Crippen LogP contribution in [0.2, 0.25) is 0 Å². The Bertz CT molecular complexity index is 829. The average molecular weight is 293 g/mol. The molecule has 0 unspecified atom stereocenters. The van der Waals surface area contributed by atoms with E-state index in [9.17, 15) is 4.79 Å². The van der Waals surface area contributed by atoms with E-state index in [0.29, 0.717) is 12.1 Å². The van der Waals surface area contributed by atoms with Crippen LogP contribution in [0, 0.1) is 0 Å². The number of amides is 1. The van der Waals surface area contributed by atoms with Crippen LogP contribution in [0.25, 0.3) is 22.0 Å². The molecule has 0 atom stereocenters. The fraction of sp³-hybridized carbons (Fsp3) is 0.118. The van der Waals surface area contributed by atoms with Crippen LogP contribution in [0.1, 0.15) is 16.1 Å². The van der Waals surface area contributed by atoms with Gasteiger partial charge in [0.15, 0.2) is 0 Å². The second kappa shape index (κ2) is 5.91. The fourth-order valence-corrected chi connectivity index (χ4v) is 2.34. The molecule has 5 heteroatoms. The minimum absolute atomic E-state index is 0.246. The molecule has 0 radical (unpaired) electrons. The van der Waals surface area contributed by atoms with Gasteiger partial charge in [0.1, 0.15) is 5.69 Å². The van der Waals surface area contributed by atoms with Crippen LogP contribution in [-0.2, 0) is 11.3 Å². The minimum atomic E-state index is -0.542. The van der Waals surface area contributed by atoms with Gasteiger partial charge in [0.25, 0.3) is 5.91 Å². The predicted molar refractivity (Wildman–Crippen MR) is 84.2 cm³/mol. The Hall–Kier alpha value is -2.79. The summed E-state index contributed by atoms with van der Waals surface area (Å²) in [5.74, 6) is -0.542. The molecule has 0 fully saturated rings. The van der Waals surface area contributed by atoms with Crippen molar-refractivity contribution in [1.82, 2.24) is 9.97 Å². The number of benzene rings is 1. The van der Waals surface area contributed by atoms with Gasteiger partial charge in [0.2, 0.25) is 0 Å². The molecule has 1 amide bonds. The van der Waals surface area contributed by atoms with E-state index < -0.39 is 5.91 Å². The number of methoxy groups -OCH3 is 1. The zero-order valence-corrected chi connectivity index (χ0v) is 12.1. The summed E-state index contributed by atoms with van der Waals surface area (Å²) >= 11 is 0. The standard InChI is InChI=1S/C17H15N3O2/c1-22-10-11-2-4-12(5-3-11)14-9-19-8-13-6-7-15(17(18)21)20-16(13)14/h2-9H,10H2,1H3,(H2,18,21). The van der Waals surface area contributed by atoms with E-state index in [1.54, 1.807) is 31.6 Å². The average Bonchev–Trinajstić information content (AvgIpc) is 2.55. The van der Waals surface area contributed by atoms with E-state index in [2.05, 4.69) is 9.97 Å². The van der Waals surface area contributed by atoms with Gasteiger partial charge in [0, 0.05) is 30.5 Å². The SMILES string of the molecule is COCc1ccc(-c2cncc3ccc(C(N)=O)nc23)cc1. The summed E-state index contributed by atoms with van der Waals surface area (Å²) in [5.41, 5.74) is 9.21. The molecule has 0 bridgehead atoms. The van der Waals surface area contributed by atoms with E-state index in [1.165, 1.54) is 0 Å². The van der Waals surface area contributed by atoms with Crippen molar-refractivity contribution in [2.24, 2.45) is 5.73 Å². The van der Waals surface area contributed by atoms with Gasteiger partial charge in [-0.25, -0.2) is 4.98 Å². The summed E-state index contributed by atoms with van der Waals surface area (Å²) in [6.07, 6.45) is 3.46. The molecule has 0 aliphatic rings. The number of nitrogens with zero attached hydrogens (tertiary/aromatic N) is 2. The lowest BCUT2D eigenvalue weighted by atomic mass is 10.0. The van der Waals surface area contributed by atoms with Gasteiger partial charge in [0.05, 0.1) is 12.1 Å². The van der Waals surface area contributed by atoms with Crippen LogP contribution in [0.5, 0.6) is 0 Å². The molecule has 2 heterocycles. The predicted octanol–water partition coefficient (Wildman–Crippen LogP) is 2.54. The molecule has 22 heavy (non-hydrogen) atoms. The van der Waals surface area contributed by atoms with Crippen LogP contribution in [0.4, 0.5) is 0 Å². The van der Waals surface area contributed by atoms with E-state index in [0.717, 1.165) is 22.1 Å². The lowest BCUT2D eigenvalue weighted by molar-refractivity contribution is 0.0996. The Labute approximate surface area is 127 Å². The maximum atomic E-state index is 11.3. The number of primary amides is 1. The topological polar surface area (TPSA) is 78.1 Å². The maximum absolute atomic E-state index is 11.3. The molecule has 3 aromatic rings. The number of fused-ring (bicyclic) bond motifs is 1. The second-order valence-electron chi connectivity index (χ2n) is 4.95. The molecule has 5 nitrogen and oxygen atoms in total. The smallest absolute Gasteiger partial charge is 0.267 e. The highest BCUT2D eigenvalue weighted by molar-refractivity contribution is 5.97. The molecule has 0 saturated heterocycles. The molecule has 2 N–H and O–H groups in total. The molecular formula is C17H15N3O2. The molecule has 0 spiro atoms. The van der Waals surface area contributed by atoms with Crippen molar-refractivity contribution in [1.29, 1.82) is 0 Å². The number of carbonyl (C=O) groups is 1. The number of rotatable bonds is 4. The van der Waals surface area contributed by atoms with Gasteiger partial charge < -0.3 is 10.5 Å². The lowest BCUT2D eigenvalue weighted by Crippen LogP contribution is -2.12. The van der Waals surface area contributed by atoms with E-state index in [4.69, 9.17) is 10.5 Å². The summed E-state index contributed by atoms with van der Waals surface area (Å²) in [4.78, 5) is 20.0. The third-order valence-electron chi connectivity index (χ3n) is 3.43. The zero-order chi connectivity index (χ0) is 15.5. The Morgan fingerprint density at radius 3 is 2.59 bits per heavy atom. The summed E-state index contributed by atoms with van der Waals surface area (Å²) in [6, 6.07) is 11.4. The first-order valence-corrected chi connectivity index (χ1v) is 6.82. The molecule has 2 aromatic heterocycles. The number of carbonyl (C=O) groups excluding carboxylic acids is 1. The first kappa shape index (κ1) is 14.2. The Morgan fingerprint density at radius 1 is 1.14 bits per heavy atom. The number of pyridine rings is 2. The Morgan fingerprint density at radius 2 is 1.91 bits per heavy atom. The van der Waals surface area contributed by atoms with Gasteiger partial charge in [-0.05, 0) is 23.3 Å². The first-order valence-electron chi connectivity index (χ1n) is 6.82. The highest BCUT2D eigenvalue weighted by atomic mass is 16.5. The van der Waals surface area contributed by atoms with Crippen molar-refractivity contribution in [3.05, 3.63) is 60.0 Å². The first-order chi connectivity index (χ1) is 10.7. The Kier molecular flexibility index (Phi) is 3.80. The molecule has 1 aromatic carbocycles. The number of aromatic nitrogens is 2. The van der Waals surface area contributed by atoms with Crippen molar-refractivity contribution < 1.29 is 9.53 Å². The molecule has 0 aliphatic heterocycles. The summed E-state index contributed by atoms with van der Waals surface area (Å²) in [5, 5.41) is 0.864.